The fourth-order valence-electron chi connectivity index (χ4n) is 5.25. The second-order valence-corrected chi connectivity index (χ2v) is 12.1. The molecule has 4 aromatic carbocycles. The number of rotatable bonds is 18. The van der Waals surface area contributed by atoms with Crippen molar-refractivity contribution in [1.82, 2.24) is 5.32 Å². The van der Waals surface area contributed by atoms with Crippen LogP contribution in [0, 0.1) is 11.6 Å². The fraction of sp³-hybridized carbons (Fsp3) is 0.300. The van der Waals surface area contributed by atoms with Gasteiger partial charge in [0.15, 0.2) is 17.3 Å². The summed E-state index contributed by atoms with van der Waals surface area (Å²) in [6.45, 7) is 4.16. The Morgan fingerprint density at radius 2 is 1.41 bits per heavy atom. The van der Waals surface area contributed by atoms with Crippen LogP contribution in [0.1, 0.15) is 77.8 Å². The first-order valence-corrected chi connectivity index (χ1v) is 16.8. The van der Waals surface area contributed by atoms with Gasteiger partial charge in [-0.05, 0) is 104 Å². The number of unbranched alkanes of at least 4 members (excludes halogenated alkanes) is 4. The van der Waals surface area contributed by atoms with E-state index in [-0.39, 0.29) is 41.3 Å². The van der Waals surface area contributed by atoms with Gasteiger partial charge in [0.2, 0.25) is 5.91 Å². The second-order valence-electron chi connectivity index (χ2n) is 12.1. The lowest BCUT2D eigenvalue weighted by Gasteiger charge is -2.17. The summed E-state index contributed by atoms with van der Waals surface area (Å²) < 4.78 is 43.7. The van der Waals surface area contributed by atoms with Crippen molar-refractivity contribution in [3.63, 3.8) is 0 Å². The number of anilines is 1. The van der Waals surface area contributed by atoms with E-state index in [2.05, 4.69) is 17.6 Å². The highest BCUT2D eigenvalue weighted by atomic mass is 19.1. The maximum atomic E-state index is 13.4. The van der Waals surface area contributed by atoms with Crippen molar-refractivity contribution in [3.05, 3.63) is 119 Å². The van der Waals surface area contributed by atoms with Crippen LogP contribution in [0.2, 0.25) is 0 Å². The Labute approximate surface area is 296 Å². The van der Waals surface area contributed by atoms with Crippen molar-refractivity contribution in [2.24, 2.45) is 0 Å². The number of Topliss-reactive ketones (excluding diaryl/α,β-unsaturated/α-hetero) is 1. The molecule has 0 radical (unpaired) electrons. The Kier molecular flexibility index (Phi) is 14.2. The Morgan fingerprint density at radius 3 is 2.06 bits per heavy atom. The molecule has 1 unspecified atom stereocenters. The number of esters is 1. The van der Waals surface area contributed by atoms with Gasteiger partial charge in [0.25, 0.3) is 5.91 Å². The molecule has 0 fully saturated rings. The first-order chi connectivity index (χ1) is 24.5. The van der Waals surface area contributed by atoms with E-state index < -0.39 is 35.5 Å². The van der Waals surface area contributed by atoms with Crippen LogP contribution in [0.15, 0.2) is 84.9 Å². The lowest BCUT2D eigenvalue weighted by Crippen LogP contribution is -2.41. The van der Waals surface area contributed by atoms with Crippen LogP contribution in [0.5, 0.6) is 17.2 Å². The molecule has 51 heavy (non-hydrogen) atoms. The van der Waals surface area contributed by atoms with Crippen molar-refractivity contribution in [3.8, 4) is 17.2 Å². The molecule has 2 amide bonds. The first-order valence-electron chi connectivity index (χ1n) is 16.8. The molecular weight excluding hydrogens is 658 g/mol. The maximum Gasteiger partial charge on any atom is 0.343 e. The molecule has 4 rings (SSSR count). The molecule has 0 aromatic heterocycles. The van der Waals surface area contributed by atoms with Crippen LogP contribution in [0.3, 0.4) is 0 Å². The second kappa shape index (κ2) is 19.0. The zero-order chi connectivity index (χ0) is 36.8. The monoisotopic (exact) mass is 700 g/mol. The summed E-state index contributed by atoms with van der Waals surface area (Å²) in [5.41, 5.74) is 1.79. The zero-order valence-corrected chi connectivity index (χ0v) is 28.9. The molecule has 2 N–H and O–H groups in total. The molecule has 0 saturated carbocycles. The predicted octanol–water partition coefficient (Wildman–Crippen LogP) is 7.65. The van der Waals surface area contributed by atoms with Crippen molar-refractivity contribution >= 4 is 29.3 Å². The maximum absolute atomic E-state index is 13.4. The van der Waals surface area contributed by atoms with Crippen LogP contribution >= 0.6 is 0 Å². The van der Waals surface area contributed by atoms with Crippen LogP contribution in [0.25, 0.3) is 0 Å². The Balaban J connectivity index is 1.31. The lowest BCUT2D eigenvalue weighted by atomic mass is 10.0. The van der Waals surface area contributed by atoms with E-state index in [0.29, 0.717) is 29.2 Å². The number of amides is 2. The summed E-state index contributed by atoms with van der Waals surface area (Å²) in [7, 11) is 1.43. The Bertz CT molecular complexity index is 1790. The Morgan fingerprint density at radius 1 is 0.745 bits per heavy atom. The van der Waals surface area contributed by atoms with E-state index in [0.717, 1.165) is 31.0 Å². The molecule has 4 aromatic rings. The molecule has 0 heterocycles. The molecule has 0 aliphatic rings. The van der Waals surface area contributed by atoms with Crippen LogP contribution in [-0.2, 0) is 22.4 Å². The van der Waals surface area contributed by atoms with Gasteiger partial charge in [-0.25, -0.2) is 13.6 Å². The largest absolute Gasteiger partial charge is 0.494 e. The van der Waals surface area contributed by atoms with Gasteiger partial charge in [-0.2, -0.15) is 0 Å². The van der Waals surface area contributed by atoms with Gasteiger partial charge in [0.05, 0.1) is 31.7 Å². The number of carbonyl (C=O) groups is 4. The molecule has 0 aliphatic carbocycles. The lowest BCUT2D eigenvalue weighted by molar-refractivity contribution is -0.119. The number of hydrogen-bond acceptors (Lipinski definition) is 7. The summed E-state index contributed by atoms with van der Waals surface area (Å²) in [4.78, 5) is 50.8. The third-order valence-corrected chi connectivity index (χ3v) is 7.99. The number of methoxy groups -OCH3 is 1. The standard InChI is InChI=1S/C40H42F2N2O7/c1-4-5-6-7-8-19-50-34-16-12-30(13-17-34)40(48)51-36-18-9-27(23-37(36)49-3)22-35(26(2)45)44-39(47)29-10-14-33(15-11-29)43-38(46)24-28-20-31(41)25-32(42)21-28/h9-18,20-21,23,25,35H,4-8,19,22,24H2,1-3H3,(H,43,46)(H,44,47). The van der Waals surface area contributed by atoms with Gasteiger partial charge in [0.1, 0.15) is 17.4 Å². The molecular formula is C40H42F2N2O7. The number of nitrogens with one attached hydrogen (secondary N) is 2. The van der Waals surface area contributed by atoms with Crippen molar-refractivity contribution in [2.75, 3.05) is 19.0 Å². The molecule has 11 heteroatoms. The summed E-state index contributed by atoms with van der Waals surface area (Å²) in [5.74, 6) is -2.27. The van der Waals surface area contributed by atoms with Crippen LogP contribution in [-0.4, -0.2) is 43.3 Å². The topological polar surface area (TPSA) is 120 Å². The summed E-state index contributed by atoms with van der Waals surface area (Å²) in [5, 5.41) is 5.36. The fourth-order valence-corrected chi connectivity index (χ4v) is 5.25. The highest BCUT2D eigenvalue weighted by Gasteiger charge is 2.21. The molecule has 0 saturated heterocycles. The Hall–Kier alpha value is -5.58. The van der Waals surface area contributed by atoms with E-state index >= 15 is 0 Å². The average Bonchev–Trinajstić information content (AvgIpc) is 3.10. The molecule has 0 spiro atoms. The SMILES string of the molecule is CCCCCCCOc1ccc(C(=O)Oc2ccc(CC(NC(=O)c3ccc(NC(=O)Cc4cc(F)cc(F)c4)cc3)C(C)=O)cc2OC)cc1. The van der Waals surface area contributed by atoms with E-state index in [4.69, 9.17) is 14.2 Å². The van der Waals surface area contributed by atoms with Gasteiger partial charge in [-0.3, -0.25) is 14.4 Å². The summed E-state index contributed by atoms with van der Waals surface area (Å²) >= 11 is 0. The number of halogens is 2. The van der Waals surface area contributed by atoms with Gasteiger partial charge in [-0.1, -0.05) is 38.7 Å². The molecule has 9 nitrogen and oxygen atoms in total. The van der Waals surface area contributed by atoms with E-state index in [1.807, 2.05) is 0 Å². The smallest absolute Gasteiger partial charge is 0.343 e. The first kappa shape index (κ1) is 38.2. The average molecular weight is 701 g/mol. The van der Waals surface area contributed by atoms with E-state index in [1.54, 1.807) is 42.5 Å². The van der Waals surface area contributed by atoms with Gasteiger partial charge in [0, 0.05) is 17.3 Å². The molecule has 268 valence electrons. The number of carbonyl (C=O) groups excluding carboxylic acids is 4. The zero-order valence-electron chi connectivity index (χ0n) is 28.9. The van der Waals surface area contributed by atoms with Gasteiger partial charge in [-0.15, -0.1) is 0 Å². The van der Waals surface area contributed by atoms with Crippen LogP contribution in [0.4, 0.5) is 14.5 Å². The van der Waals surface area contributed by atoms with Gasteiger partial charge >= 0.3 is 5.97 Å². The van der Waals surface area contributed by atoms with Crippen molar-refractivity contribution < 1.29 is 42.2 Å². The molecule has 1 atom stereocenters. The minimum atomic E-state index is -0.876. The third-order valence-electron chi connectivity index (χ3n) is 7.99. The number of ketones is 1. The van der Waals surface area contributed by atoms with Crippen molar-refractivity contribution in [1.29, 1.82) is 0 Å². The minimum absolute atomic E-state index is 0.139. The molecule has 0 aliphatic heterocycles. The normalized spacial score (nSPS) is 11.3. The van der Waals surface area contributed by atoms with Crippen LogP contribution < -0.4 is 24.8 Å². The number of ether oxygens (including phenoxy) is 3. The summed E-state index contributed by atoms with van der Waals surface area (Å²) in [6.07, 6.45) is 5.60. The predicted molar refractivity (Wildman–Crippen MR) is 189 cm³/mol. The minimum Gasteiger partial charge on any atom is -0.494 e. The third kappa shape index (κ3) is 12.1. The highest BCUT2D eigenvalue weighted by Crippen LogP contribution is 2.30. The van der Waals surface area contributed by atoms with E-state index in [9.17, 15) is 28.0 Å². The van der Waals surface area contributed by atoms with Crippen molar-refractivity contribution in [2.45, 2.75) is 64.8 Å². The highest BCUT2D eigenvalue weighted by molar-refractivity contribution is 5.98. The number of hydrogen-bond donors (Lipinski definition) is 2. The number of benzene rings is 4. The summed E-state index contributed by atoms with van der Waals surface area (Å²) in [6, 6.07) is 19.6. The molecule has 0 bridgehead atoms. The van der Waals surface area contributed by atoms with E-state index in [1.165, 1.54) is 57.6 Å². The van der Waals surface area contributed by atoms with Gasteiger partial charge < -0.3 is 24.8 Å². The quantitative estimate of drug-likeness (QED) is 0.0622.